The first-order valence-corrected chi connectivity index (χ1v) is 6.38. The summed E-state index contributed by atoms with van der Waals surface area (Å²) in [5, 5.41) is 10.4. The highest BCUT2D eigenvalue weighted by molar-refractivity contribution is 5.40. The lowest BCUT2D eigenvalue weighted by molar-refractivity contribution is -0.274. The lowest BCUT2D eigenvalue weighted by Gasteiger charge is -2.16. The van der Waals surface area contributed by atoms with E-state index in [1.165, 1.54) is 24.3 Å². The molecule has 112 valence electrons. The van der Waals surface area contributed by atoms with Crippen molar-refractivity contribution in [2.75, 3.05) is 0 Å². The van der Waals surface area contributed by atoms with Gasteiger partial charge >= 0.3 is 6.36 Å². The van der Waals surface area contributed by atoms with Crippen LogP contribution in [0.4, 0.5) is 13.2 Å². The fraction of sp³-hybridized carbons (Fsp3) is 0.250. The fourth-order valence-corrected chi connectivity index (χ4v) is 2.10. The van der Waals surface area contributed by atoms with Gasteiger partial charge in [0, 0.05) is 0 Å². The van der Waals surface area contributed by atoms with Crippen LogP contribution in [0.2, 0.25) is 0 Å². The number of benzene rings is 2. The Morgan fingerprint density at radius 2 is 1.62 bits per heavy atom. The molecule has 0 radical (unpaired) electrons. The lowest BCUT2D eigenvalue weighted by atomic mass is 9.95. The van der Waals surface area contributed by atoms with Crippen LogP contribution in [-0.2, 0) is 0 Å². The highest BCUT2D eigenvalue weighted by Gasteiger charge is 2.31. The number of ether oxygens (including phenoxy) is 1. The normalized spacial score (nSPS) is 13.0. The van der Waals surface area contributed by atoms with Crippen molar-refractivity contribution in [3.63, 3.8) is 0 Å². The molecule has 0 amide bonds. The number of halogens is 3. The van der Waals surface area contributed by atoms with Gasteiger partial charge in [-0.1, -0.05) is 30.3 Å². The molecule has 0 aliphatic rings. The van der Waals surface area contributed by atoms with Crippen molar-refractivity contribution >= 4 is 0 Å². The Hall–Kier alpha value is -2.01. The van der Waals surface area contributed by atoms with Gasteiger partial charge in [0.05, 0.1) is 0 Å². The first-order valence-electron chi connectivity index (χ1n) is 6.38. The molecule has 0 heterocycles. The molecule has 1 unspecified atom stereocenters. The number of rotatable bonds is 3. The van der Waals surface area contributed by atoms with E-state index in [9.17, 15) is 18.3 Å². The van der Waals surface area contributed by atoms with E-state index in [0.29, 0.717) is 5.56 Å². The number of aliphatic hydroxyl groups excluding tert-OH is 1. The van der Waals surface area contributed by atoms with Crippen LogP contribution in [0.15, 0.2) is 42.5 Å². The Labute approximate surface area is 120 Å². The molecule has 5 heteroatoms. The van der Waals surface area contributed by atoms with Gasteiger partial charge in [-0.2, -0.15) is 0 Å². The maximum absolute atomic E-state index is 12.1. The van der Waals surface area contributed by atoms with E-state index in [1.807, 2.05) is 26.0 Å². The Morgan fingerprint density at radius 1 is 1.00 bits per heavy atom. The minimum absolute atomic E-state index is 0.306. The molecule has 2 rings (SSSR count). The van der Waals surface area contributed by atoms with Gasteiger partial charge in [0.25, 0.3) is 0 Å². The number of hydrogen-bond acceptors (Lipinski definition) is 2. The number of aryl methyl sites for hydroxylation is 1. The smallest absolute Gasteiger partial charge is 0.406 e. The molecule has 0 spiro atoms. The summed E-state index contributed by atoms with van der Waals surface area (Å²) in [6.07, 6.45) is -5.60. The predicted octanol–water partition coefficient (Wildman–Crippen LogP) is 4.28. The summed E-state index contributed by atoms with van der Waals surface area (Å²) in [5.74, 6) is -0.306. The summed E-state index contributed by atoms with van der Waals surface area (Å²) in [5.41, 5.74) is 3.25. The van der Waals surface area contributed by atoms with Crippen molar-refractivity contribution in [1.29, 1.82) is 0 Å². The third-order valence-electron chi connectivity index (χ3n) is 3.37. The van der Waals surface area contributed by atoms with E-state index in [2.05, 4.69) is 4.74 Å². The third-order valence-corrected chi connectivity index (χ3v) is 3.37. The van der Waals surface area contributed by atoms with E-state index in [1.54, 1.807) is 6.07 Å². The minimum Gasteiger partial charge on any atom is -0.406 e. The van der Waals surface area contributed by atoms with Gasteiger partial charge in [0.2, 0.25) is 0 Å². The molecule has 0 bridgehead atoms. The van der Waals surface area contributed by atoms with Gasteiger partial charge < -0.3 is 9.84 Å². The zero-order chi connectivity index (χ0) is 15.6. The zero-order valence-electron chi connectivity index (χ0n) is 11.6. The van der Waals surface area contributed by atoms with Gasteiger partial charge in [-0.25, -0.2) is 0 Å². The van der Waals surface area contributed by atoms with Crippen LogP contribution in [0.25, 0.3) is 0 Å². The SMILES string of the molecule is Cc1cccc(C(O)c2ccc(OC(F)(F)F)cc2)c1C. The fourth-order valence-electron chi connectivity index (χ4n) is 2.10. The van der Waals surface area contributed by atoms with Gasteiger partial charge in [-0.05, 0) is 48.2 Å². The summed E-state index contributed by atoms with van der Waals surface area (Å²) in [6.45, 7) is 3.83. The molecule has 0 fully saturated rings. The van der Waals surface area contributed by atoms with Gasteiger partial charge in [0.1, 0.15) is 11.9 Å². The summed E-state index contributed by atoms with van der Waals surface area (Å²) in [4.78, 5) is 0. The number of aliphatic hydroxyl groups is 1. The monoisotopic (exact) mass is 296 g/mol. The van der Waals surface area contributed by atoms with Crippen molar-refractivity contribution in [1.82, 2.24) is 0 Å². The summed E-state index contributed by atoms with van der Waals surface area (Å²) in [6, 6.07) is 10.8. The standard InChI is InChI=1S/C16H15F3O2/c1-10-4-3-5-14(11(10)2)15(20)12-6-8-13(9-7-12)21-16(17,18)19/h3-9,15,20H,1-2H3. The molecule has 2 aromatic rings. The Morgan fingerprint density at radius 3 is 2.19 bits per heavy atom. The second-order valence-electron chi connectivity index (χ2n) is 4.81. The summed E-state index contributed by atoms with van der Waals surface area (Å²) < 4.78 is 40.1. The maximum atomic E-state index is 12.1. The number of alkyl halides is 3. The Kier molecular flexibility index (Phi) is 4.23. The highest BCUT2D eigenvalue weighted by atomic mass is 19.4. The largest absolute Gasteiger partial charge is 0.573 e. The van der Waals surface area contributed by atoms with Gasteiger partial charge in [-0.15, -0.1) is 13.2 Å². The van der Waals surface area contributed by atoms with Crippen molar-refractivity contribution in [2.45, 2.75) is 26.3 Å². The molecule has 0 saturated carbocycles. The van der Waals surface area contributed by atoms with Crippen molar-refractivity contribution in [2.24, 2.45) is 0 Å². The quantitative estimate of drug-likeness (QED) is 0.916. The summed E-state index contributed by atoms with van der Waals surface area (Å²) >= 11 is 0. The molecule has 2 aromatic carbocycles. The van der Waals surface area contributed by atoms with Gasteiger partial charge in [-0.3, -0.25) is 0 Å². The molecule has 21 heavy (non-hydrogen) atoms. The average Bonchev–Trinajstić information content (AvgIpc) is 2.40. The van der Waals surface area contributed by atoms with Crippen molar-refractivity contribution < 1.29 is 23.0 Å². The topological polar surface area (TPSA) is 29.5 Å². The molecular weight excluding hydrogens is 281 g/mol. The van der Waals surface area contributed by atoms with Crippen molar-refractivity contribution in [3.8, 4) is 5.75 Å². The van der Waals surface area contributed by atoms with Crippen LogP contribution >= 0.6 is 0 Å². The van der Waals surface area contributed by atoms with E-state index < -0.39 is 12.5 Å². The molecule has 0 aromatic heterocycles. The van der Waals surface area contributed by atoms with E-state index in [-0.39, 0.29) is 5.75 Å². The molecule has 2 nitrogen and oxygen atoms in total. The first kappa shape index (κ1) is 15.4. The van der Waals surface area contributed by atoms with Crippen LogP contribution in [0.3, 0.4) is 0 Å². The van der Waals surface area contributed by atoms with Crippen LogP contribution in [-0.4, -0.2) is 11.5 Å². The highest BCUT2D eigenvalue weighted by Crippen LogP contribution is 2.29. The lowest BCUT2D eigenvalue weighted by Crippen LogP contribution is -2.17. The van der Waals surface area contributed by atoms with Crippen LogP contribution in [0.5, 0.6) is 5.75 Å². The third kappa shape index (κ3) is 3.76. The number of hydrogen-bond donors (Lipinski definition) is 1. The predicted molar refractivity (Wildman–Crippen MR) is 73.1 cm³/mol. The Bertz CT molecular complexity index is 618. The second-order valence-corrected chi connectivity index (χ2v) is 4.81. The average molecular weight is 296 g/mol. The molecule has 1 atom stereocenters. The molecular formula is C16H15F3O2. The van der Waals surface area contributed by atoms with Gasteiger partial charge in [0.15, 0.2) is 0 Å². The Balaban J connectivity index is 2.24. The van der Waals surface area contributed by atoms with Crippen LogP contribution in [0.1, 0.15) is 28.4 Å². The van der Waals surface area contributed by atoms with Crippen LogP contribution < -0.4 is 4.74 Å². The zero-order valence-corrected chi connectivity index (χ0v) is 11.6. The van der Waals surface area contributed by atoms with Crippen LogP contribution in [0, 0.1) is 13.8 Å². The second kappa shape index (κ2) is 5.77. The van der Waals surface area contributed by atoms with Crippen molar-refractivity contribution in [3.05, 3.63) is 64.7 Å². The maximum Gasteiger partial charge on any atom is 0.573 e. The van der Waals surface area contributed by atoms with E-state index in [4.69, 9.17) is 0 Å². The molecule has 0 aliphatic carbocycles. The molecule has 0 saturated heterocycles. The minimum atomic E-state index is -4.72. The van der Waals surface area contributed by atoms with E-state index >= 15 is 0 Å². The summed E-state index contributed by atoms with van der Waals surface area (Å²) in [7, 11) is 0. The first-order chi connectivity index (χ1) is 9.78. The molecule has 0 aliphatic heterocycles. The van der Waals surface area contributed by atoms with E-state index in [0.717, 1.165) is 16.7 Å². The molecule has 1 N–H and O–H groups in total.